The molecule has 1 unspecified atom stereocenters. The number of hydrogen-bond acceptors (Lipinski definition) is 6. The molecule has 1 aliphatic heterocycles. The smallest absolute Gasteiger partial charge is 0.255 e. The summed E-state index contributed by atoms with van der Waals surface area (Å²) in [4.78, 5) is 22.7. The van der Waals surface area contributed by atoms with Gasteiger partial charge in [-0.2, -0.15) is 4.98 Å². The van der Waals surface area contributed by atoms with Gasteiger partial charge in [0, 0.05) is 38.5 Å². The second-order valence-electron chi connectivity index (χ2n) is 5.31. The Morgan fingerprint density at radius 1 is 1.55 bits per heavy atom. The Hall–Kier alpha value is -2.28. The number of pyridine rings is 1. The van der Waals surface area contributed by atoms with Gasteiger partial charge in [0.2, 0.25) is 0 Å². The molecule has 0 saturated carbocycles. The largest absolute Gasteiger partial charge is 0.375 e. The lowest BCUT2D eigenvalue weighted by Gasteiger charge is -2.31. The van der Waals surface area contributed by atoms with Crippen molar-refractivity contribution in [3.05, 3.63) is 41.8 Å². The lowest BCUT2D eigenvalue weighted by Crippen LogP contribution is -2.39. The molecule has 0 radical (unpaired) electrons. The molecule has 0 bridgehead atoms. The third-order valence-electron chi connectivity index (χ3n) is 3.73. The van der Waals surface area contributed by atoms with Gasteiger partial charge in [-0.1, -0.05) is 5.16 Å². The number of carbonyl (C=O) groups is 1. The Morgan fingerprint density at radius 3 is 3.23 bits per heavy atom. The molecule has 1 fully saturated rings. The second-order valence-corrected chi connectivity index (χ2v) is 5.31. The van der Waals surface area contributed by atoms with E-state index in [1.165, 1.54) is 0 Å². The average Bonchev–Trinajstić information content (AvgIpc) is 3.04. The summed E-state index contributed by atoms with van der Waals surface area (Å²) in [5, 5.41) is 4.01. The monoisotopic (exact) mass is 302 g/mol. The van der Waals surface area contributed by atoms with E-state index >= 15 is 0 Å². The molecule has 22 heavy (non-hydrogen) atoms. The molecule has 1 atom stereocenters. The first kappa shape index (κ1) is 14.6. The summed E-state index contributed by atoms with van der Waals surface area (Å²) >= 11 is 0. The normalized spacial score (nSPS) is 18.4. The van der Waals surface area contributed by atoms with E-state index in [2.05, 4.69) is 15.1 Å². The van der Waals surface area contributed by atoms with Crippen molar-refractivity contribution in [1.82, 2.24) is 20.0 Å². The quantitative estimate of drug-likeness (QED) is 0.854. The molecular formula is C15H18N4O3. The highest BCUT2D eigenvalue weighted by Crippen LogP contribution is 2.25. The van der Waals surface area contributed by atoms with Crippen LogP contribution in [0, 0.1) is 0 Å². The van der Waals surface area contributed by atoms with Crippen molar-refractivity contribution in [3.8, 4) is 0 Å². The van der Waals surface area contributed by atoms with Crippen LogP contribution >= 0.6 is 0 Å². The second kappa shape index (κ2) is 6.65. The van der Waals surface area contributed by atoms with E-state index in [4.69, 9.17) is 9.26 Å². The number of likely N-dealkylation sites (tertiary alicyclic amines) is 1. The van der Waals surface area contributed by atoms with Crippen LogP contribution in [0.25, 0.3) is 0 Å². The molecule has 0 spiro atoms. The zero-order valence-electron chi connectivity index (χ0n) is 12.4. The summed E-state index contributed by atoms with van der Waals surface area (Å²) in [5.74, 6) is 1.21. The third-order valence-corrected chi connectivity index (χ3v) is 3.73. The molecule has 2 aromatic heterocycles. The zero-order valence-corrected chi connectivity index (χ0v) is 12.4. The van der Waals surface area contributed by atoms with Crippen molar-refractivity contribution < 1.29 is 14.1 Å². The average molecular weight is 302 g/mol. The number of aromatic nitrogens is 3. The van der Waals surface area contributed by atoms with E-state index in [0.29, 0.717) is 30.4 Å². The molecule has 3 rings (SSSR count). The maximum absolute atomic E-state index is 12.5. The van der Waals surface area contributed by atoms with Crippen molar-refractivity contribution in [2.24, 2.45) is 0 Å². The van der Waals surface area contributed by atoms with Gasteiger partial charge in [0.15, 0.2) is 5.82 Å². The molecule has 2 aromatic rings. The van der Waals surface area contributed by atoms with Crippen LogP contribution in [0.5, 0.6) is 0 Å². The molecule has 7 nitrogen and oxygen atoms in total. The number of methoxy groups -OCH3 is 1. The van der Waals surface area contributed by atoms with E-state index < -0.39 is 0 Å². The predicted molar refractivity (Wildman–Crippen MR) is 77.1 cm³/mol. The van der Waals surface area contributed by atoms with E-state index in [0.717, 1.165) is 19.4 Å². The van der Waals surface area contributed by atoms with Crippen LogP contribution in [0.3, 0.4) is 0 Å². The Morgan fingerprint density at radius 2 is 2.45 bits per heavy atom. The minimum absolute atomic E-state index is 0.00147. The number of hydrogen-bond donors (Lipinski definition) is 0. The van der Waals surface area contributed by atoms with Crippen LogP contribution in [-0.2, 0) is 11.3 Å². The Labute approximate surface area is 128 Å². The number of rotatable bonds is 4. The maximum Gasteiger partial charge on any atom is 0.255 e. The van der Waals surface area contributed by atoms with Gasteiger partial charge in [0.25, 0.3) is 11.8 Å². The lowest BCUT2D eigenvalue weighted by molar-refractivity contribution is 0.0703. The van der Waals surface area contributed by atoms with Crippen molar-refractivity contribution in [3.63, 3.8) is 0 Å². The topological polar surface area (TPSA) is 81.4 Å². The van der Waals surface area contributed by atoms with Crippen molar-refractivity contribution in [2.75, 3.05) is 20.2 Å². The molecule has 0 aliphatic carbocycles. The molecule has 7 heteroatoms. The SMILES string of the molecule is COCc1nc(C2CCCN(C(=O)c3cccnc3)C2)no1. The van der Waals surface area contributed by atoms with Crippen LogP contribution in [0.1, 0.15) is 40.8 Å². The summed E-state index contributed by atoms with van der Waals surface area (Å²) in [6.45, 7) is 1.64. The van der Waals surface area contributed by atoms with Gasteiger partial charge in [-0.3, -0.25) is 9.78 Å². The van der Waals surface area contributed by atoms with Crippen LogP contribution < -0.4 is 0 Å². The molecule has 0 aromatic carbocycles. The molecule has 116 valence electrons. The van der Waals surface area contributed by atoms with E-state index in [1.54, 1.807) is 31.6 Å². The van der Waals surface area contributed by atoms with E-state index in [-0.39, 0.29) is 11.8 Å². The van der Waals surface area contributed by atoms with Gasteiger partial charge < -0.3 is 14.2 Å². The summed E-state index contributed by atoms with van der Waals surface area (Å²) in [7, 11) is 1.58. The van der Waals surface area contributed by atoms with E-state index in [9.17, 15) is 4.79 Å². The van der Waals surface area contributed by atoms with Crippen molar-refractivity contribution >= 4 is 5.91 Å². The minimum atomic E-state index is -0.00147. The van der Waals surface area contributed by atoms with Gasteiger partial charge in [0.05, 0.1) is 5.56 Å². The summed E-state index contributed by atoms with van der Waals surface area (Å²) in [5.41, 5.74) is 0.608. The number of nitrogens with zero attached hydrogens (tertiary/aromatic N) is 4. The molecule has 1 saturated heterocycles. The molecular weight excluding hydrogens is 284 g/mol. The number of piperidine rings is 1. The fourth-order valence-electron chi connectivity index (χ4n) is 2.66. The fourth-order valence-corrected chi connectivity index (χ4v) is 2.66. The van der Waals surface area contributed by atoms with Gasteiger partial charge in [0.1, 0.15) is 6.61 Å². The molecule has 1 amide bonds. The Balaban J connectivity index is 1.69. The minimum Gasteiger partial charge on any atom is -0.375 e. The van der Waals surface area contributed by atoms with Gasteiger partial charge >= 0.3 is 0 Å². The first-order valence-electron chi connectivity index (χ1n) is 7.28. The van der Waals surface area contributed by atoms with Gasteiger partial charge in [-0.05, 0) is 25.0 Å². The maximum atomic E-state index is 12.5. The summed E-state index contributed by atoms with van der Waals surface area (Å²) in [6, 6.07) is 3.55. The summed E-state index contributed by atoms with van der Waals surface area (Å²) in [6.07, 6.45) is 5.12. The van der Waals surface area contributed by atoms with Crippen LogP contribution in [0.15, 0.2) is 29.0 Å². The standard InChI is InChI=1S/C15H18N4O3/c1-21-10-13-17-14(18-22-13)12-5-3-7-19(9-12)15(20)11-4-2-6-16-8-11/h2,4,6,8,12H,3,5,7,9-10H2,1H3. The van der Waals surface area contributed by atoms with Crippen LogP contribution in [-0.4, -0.2) is 46.1 Å². The fraction of sp³-hybridized carbons (Fsp3) is 0.467. The summed E-state index contributed by atoms with van der Waals surface area (Å²) < 4.78 is 10.1. The highest BCUT2D eigenvalue weighted by Gasteiger charge is 2.28. The first-order chi connectivity index (χ1) is 10.8. The highest BCUT2D eigenvalue weighted by molar-refractivity contribution is 5.93. The zero-order chi connectivity index (χ0) is 15.4. The molecule has 0 N–H and O–H groups in total. The number of carbonyl (C=O) groups excluding carboxylic acids is 1. The predicted octanol–water partition coefficient (Wildman–Crippen LogP) is 1.63. The highest BCUT2D eigenvalue weighted by atomic mass is 16.5. The van der Waals surface area contributed by atoms with Gasteiger partial charge in [-0.25, -0.2) is 0 Å². The van der Waals surface area contributed by atoms with Crippen molar-refractivity contribution in [1.29, 1.82) is 0 Å². The number of amides is 1. The Bertz CT molecular complexity index is 629. The van der Waals surface area contributed by atoms with E-state index in [1.807, 2.05) is 4.90 Å². The van der Waals surface area contributed by atoms with Crippen molar-refractivity contribution in [2.45, 2.75) is 25.4 Å². The van der Waals surface area contributed by atoms with Gasteiger partial charge in [-0.15, -0.1) is 0 Å². The van der Waals surface area contributed by atoms with Crippen LogP contribution in [0.2, 0.25) is 0 Å². The third kappa shape index (κ3) is 3.14. The Kier molecular flexibility index (Phi) is 4.43. The molecule has 3 heterocycles. The molecule has 1 aliphatic rings. The first-order valence-corrected chi connectivity index (χ1v) is 7.28. The van der Waals surface area contributed by atoms with Crippen LogP contribution in [0.4, 0.5) is 0 Å². The lowest BCUT2D eigenvalue weighted by atomic mass is 9.97. The number of ether oxygens (including phenoxy) is 1.